The number of nitrogens with two attached hydrogens (primary N) is 1. The van der Waals surface area contributed by atoms with Gasteiger partial charge in [-0.05, 0) is 37.1 Å². The Labute approximate surface area is 180 Å². The molecular formula is C20H20F4N6O2. The molecule has 0 radical (unpaired) electrons. The van der Waals surface area contributed by atoms with E-state index in [1.807, 2.05) is 6.07 Å². The average Bonchev–Trinajstić information content (AvgIpc) is 3.20. The third-order valence-electron chi connectivity index (χ3n) is 5.44. The maximum Gasteiger partial charge on any atom is 0.278 e. The Bertz CT molecular complexity index is 1030. The zero-order valence-electron chi connectivity index (χ0n) is 16.8. The Morgan fingerprint density at radius 1 is 1.22 bits per heavy atom. The lowest BCUT2D eigenvalue weighted by Gasteiger charge is -2.41. The fourth-order valence-corrected chi connectivity index (χ4v) is 3.62. The maximum absolute atomic E-state index is 13.5. The number of aromatic nitrogens is 2. The molecule has 0 aliphatic carbocycles. The Morgan fingerprint density at radius 3 is 2.38 bits per heavy atom. The van der Waals surface area contributed by atoms with Gasteiger partial charge in [0.1, 0.15) is 11.4 Å². The van der Waals surface area contributed by atoms with E-state index in [-0.39, 0.29) is 43.7 Å². The predicted octanol–water partition coefficient (Wildman–Crippen LogP) is 2.70. The number of carbonyl (C=O) groups is 2. The summed E-state index contributed by atoms with van der Waals surface area (Å²) < 4.78 is 53.1. The van der Waals surface area contributed by atoms with E-state index < -0.39 is 35.8 Å². The highest BCUT2D eigenvalue weighted by molar-refractivity contribution is 5.98. The van der Waals surface area contributed by atoms with E-state index in [0.29, 0.717) is 5.69 Å². The summed E-state index contributed by atoms with van der Waals surface area (Å²) in [6.45, 7) is -0.139. The van der Waals surface area contributed by atoms with Crippen LogP contribution in [0.5, 0.6) is 0 Å². The number of nitrogens with zero attached hydrogens (tertiary/aromatic N) is 4. The smallest absolute Gasteiger partial charge is 0.278 e. The van der Waals surface area contributed by atoms with Crippen LogP contribution in [-0.2, 0) is 10.3 Å². The average molecular weight is 452 g/mol. The Kier molecular flexibility index (Phi) is 6.67. The van der Waals surface area contributed by atoms with Crippen LogP contribution in [0, 0.1) is 17.1 Å². The molecule has 1 aliphatic rings. The van der Waals surface area contributed by atoms with E-state index in [1.165, 1.54) is 35.1 Å². The zero-order chi connectivity index (χ0) is 23.5. The first kappa shape index (κ1) is 23.1. The second kappa shape index (κ2) is 9.25. The summed E-state index contributed by atoms with van der Waals surface area (Å²) in [5.41, 5.74) is 4.95. The van der Waals surface area contributed by atoms with E-state index >= 15 is 0 Å². The molecule has 0 spiro atoms. The molecule has 170 valence electrons. The second-order valence-corrected chi connectivity index (χ2v) is 7.45. The van der Waals surface area contributed by atoms with E-state index in [0.717, 1.165) is 4.90 Å². The van der Waals surface area contributed by atoms with Crippen LogP contribution in [0.2, 0.25) is 0 Å². The zero-order valence-corrected chi connectivity index (χ0v) is 16.8. The van der Waals surface area contributed by atoms with E-state index in [9.17, 15) is 32.4 Å². The summed E-state index contributed by atoms with van der Waals surface area (Å²) >= 11 is 0. The first-order valence-corrected chi connectivity index (χ1v) is 9.67. The van der Waals surface area contributed by atoms with Gasteiger partial charge < -0.3 is 16.0 Å². The van der Waals surface area contributed by atoms with Gasteiger partial charge in [-0.3, -0.25) is 14.3 Å². The fourth-order valence-electron chi connectivity index (χ4n) is 3.62. The monoisotopic (exact) mass is 452 g/mol. The van der Waals surface area contributed by atoms with Crippen molar-refractivity contribution in [3.05, 3.63) is 41.8 Å². The molecule has 1 atom stereocenters. The van der Waals surface area contributed by atoms with Gasteiger partial charge in [0, 0.05) is 25.0 Å². The van der Waals surface area contributed by atoms with E-state index in [2.05, 4.69) is 10.4 Å². The number of likely N-dealkylation sites (tertiary alicyclic amines) is 1. The predicted molar refractivity (Wildman–Crippen MR) is 105 cm³/mol. The molecule has 1 aromatic carbocycles. The minimum Gasteiger partial charge on any atom is -0.365 e. The summed E-state index contributed by atoms with van der Waals surface area (Å²) in [5, 5.41) is 16.6. The number of nitrogens with one attached hydrogen (secondary N) is 1. The summed E-state index contributed by atoms with van der Waals surface area (Å²) in [4.78, 5) is 24.8. The number of hydrogen-bond acceptors (Lipinski definition) is 5. The lowest BCUT2D eigenvalue weighted by Crippen LogP contribution is -2.51. The second-order valence-electron chi connectivity index (χ2n) is 7.45. The van der Waals surface area contributed by atoms with Gasteiger partial charge in [-0.1, -0.05) is 0 Å². The lowest BCUT2D eigenvalue weighted by atomic mass is 9.84. The SMILES string of the molecule is N#CCC1(n2cc(C(N)=O)c(Nc3ccc(F)cc3)n2)CCN(C(=O)C(F)C(F)F)CC1. The quantitative estimate of drug-likeness (QED) is 0.627. The summed E-state index contributed by atoms with van der Waals surface area (Å²) in [6, 6.07) is 7.34. The number of piperidine rings is 1. The first-order valence-electron chi connectivity index (χ1n) is 9.67. The molecule has 0 saturated carbocycles. The van der Waals surface area contributed by atoms with Crippen LogP contribution in [0.3, 0.4) is 0 Å². The highest BCUT2D eigenvalue weighted by atomic mass is 19.3. The molecule has 12 heteroatoms. The molecule has 2 heterocycles. The molecular weight excluding hydrogens is 432 g/mol. The molecule has 0 bridgehead atoms. The summed E-state index contributed by atoms with van der Waals surface area (Å²) in [5.74, 6) is -2.46. The minimum absolute atomic E-state index is 0.0201. The molecule has 1 saturated heterocycles. The van der Waals surface area contributed by atoms with Crippen LogP contribution in [0.15, 0.2) is 30.5 Å². The number of nitriles is 1. The number of benzene rings is 1. The Hall–Kier alpha value is -3.62. The van der Waals surface area contributed by atoms with E-state index in [4.69, 9.17) is 5.73 Å². The van der Waals surface area contributed by atoms with Crippen molar-refractivity contribution in [2.45, 2.75) is 37.4 Å². The van der Waals surface area contributed by atoms with Crippen molar-refractivity contribution in [3.63, 3.8) is 0 Å². The van der Waals surface area contributed by atoms with Crippen LogP contribution in [-0.4, -0.2) is 52.2 Å². The van der Waals surface area contributed by atoms with Gasteiger partial charge in [0.25, 0.3) is 18.2 Å². The standard InChI is InChI=1S/C20H20F4N6O2/c21-12-1-3-13(4-2-12)27-18-14(17(26)31)11-30(28-18)20(5-8-25)6-9-29(10-7-20)19(32)15(22)16(23)24/h1-4,11,15-16H,5-7,9-10H2,(H2,26,31)(H,27,28). The topological polar surface area (TPSA) is 117 Å². The number of carbonyl (C=O) groups excluding carboxylic acids is 2. The van der Waals surface area contributed by atoms with Gasteiger partial charge in [-0.2, -0.15) is 10.4 Å². The molecule has 1 aromatic heterocycles. The van der Waals surface area contributed by atoms with Gasteiger partial charge in [0.2, 0.25) is 6.17 Å². The lowest BCUT2D eigenvalue weighted by molar-refractivity contribution is -0.144. The van der Waals surface area contributed by atoms with Gasteiger partial charge in [0.05, 0.1) is 18.0 Å². The highest BCUT2D eigenvalue weighted by Gasteiger charge is 2.41. The number of anilines is 2. The first-order chi connectivity index (χ1) is 15.2. The van der Waals surface area contributed by atoms with Crippen LogP contribution >= 0.6 is 0 Å². The number of halogens is 4. The van der Waals surface area contributed by atoms with Gasteiger partial charge in [-0.15, -0.1) is 0 Å². The van der Waals surface area contributed by atoms with Crippen molar-refractivity contribution in [2.24, 2.45) is 5.73 Å². The number of alkyl halides is 3. The Balaban J connectivity index is 1.87. The molecule has 1 aliphatic heterocycles. The Morgan fingerprint density at radius 2 is 1.84 bits per heavy atom. The van der Waals surface area contributed by atoms with Crippen molar-refractivity contribution < 1.29 is 27.2 Å². The van der Waals surface area contributed by atoms with Crippen molar-refractivity contribution in [1.82, 2.24) is 14.7 Å². The van der Waals surface area contributed by atoms with Crippen LogP contribution in [0.4, 0.5) is 29.1 Å². The number of rotatable bonds is 7. The van der Waals surface area contributed by atoms with Crippen LogP contribution < -0.4 is 11.1 Å². The molecule has 1 unspecified atom stereocenters. The summed E-state index contributed by atoms with van der Waals surface area (Å²) in [7, 11) is 0. The van der Waals surface area contributed by atoms with Crippen molar-refractivity contribution in [3.8, 4) is 6.07 Å². The van der Waals surface area contributed by atoms with Crippen LogP contribution in [0.1, 0.15) is 29.6 Å². The molecule has 3 rings (SSSR count). The van der Waals surface area contributed by atoms with Crippen molar-refractivity contribution in [1.29, 1.82) is 5.26 Å². The molecule has 3 N–H and O–H groups in total. The third kappa shape index (κ3) is 4.66. The van der Waals surface area contributed by atoms with Crippen molar-refractivity contribution >= 4 is 23.3 Å². The number of hydrogen-bond donors (Lipinski definition) is 2. The third-order valence-corrected chi connectivity index (χ3v) is 5.44. The van der Waals surface area contributed by atoms with Crippen LogP contribution in [0.25, 0.3) is 0 Å². The number of primary amides is 1. The minimum atomic E-state index is -3.42. The summed E-state index contributed by atoms with van der Waals surface area (Å²) in [6.07, 6.45) is -4.77. The molecule has 2 aromatic rings. The maximum atomic E-state index is 13.5. The molecule has 2 amide bonds. The van der Waals surface area contributed by atoms with Gasteiger partial charge in [-0.25, -0.2) is 17.6 Å². The van der Waals surface area contributed by atoms with Gasteiger partial charge in [0.15, 0.2) is 5.82 Å². The van der Waals surface area contributed by atoms with Gasteiger partial charge >= 0.3 is 0 Å². The van der Waals surface area contributed by atoms with Crippen molar-refractivity contribution in [2.75, 3.05) is 18.4 Å². The number of amides is 2. The normalized spacial score (nSPS) is 16.4. The largest absolute Gasteiger partial charge is 0.365 e. The molecule has 32 heavy (non-hydrogen) atoms. The molecule has 8 nitrogen and oxygen atoms in total. The fraction of sp³-hybridized carbons (Fsp3) is 0.400. The van der Waals surface area contributed by atoms with E-state index in [1.54, 1.807) is 0 Å². The highest BCUT2D eigenvalue weighted by Crippen LogP contribution is 2.35. The molecule has 1 fully saturated rings.